The summed E-state index contributed by atoms with van der Waals surface area (Å²) in [4.78, 5) is 24.5. The first-order chi connectivity index (χ1) is 15.9. The van der Waals surface area contributed by atoms with E-state index < -0.39 is 35.3 Å². The van der Waals surface area contributed by atoms with Crippen LogP contribution in [0.5, 0.6) is 0 Å². The summed E-state index contributed by atoms with van der Waals surface area (Å²) in [5.41, 5.74) is -4.62. The number of anilines is 1. The zero-order chi connectivity index (χ0) is 25.1. The van der Waals surface area contributed by atoms with Gasteiger partial charge in [0.1, 0.15) is 17.0 Å². The van der Waals surface area contributed by atoms with Crippen molar-refractivity contribution in [2.24, 2.45) is 0 Å². The van der Waals surface area contributed by atoms with Gasteiger partial charge in [-0.2, -0.15) is 31.4 Å². The van der Waals surface area contributed by atoms with Crippen LogP contribution < -0.4 is 10.9 Å². The van der Waals surface area contributed by atoms with Gasteiger partial charge < -0.3 is 9.73 Å². The molecular weight excluding hydrogens is 468 g/mol. The van der Waals surface area contributed by atoms with Crippen molar-refractivity contribution in [3.05, 3.63) is 75.6 Å². The Bertz CT molecular complexity index is 1210. The van der Waals surface area contributed by atoms with E-state index in [2.05, 4.69) is 10.4 Å². The van der Waals surface area contributed by atoms with Crippen molar-refractivity contribution in [2.75, 3.05) is 5.32 Å². The van der Waals surface area contributed by atoms with Gasteiger partial charge in [0, 0.05) is 18.2 Å². The molecule has 0 spiro atoms. The van der Waals surface area contributed by atoms with Crippen molar-refractivity contribution in [1.82, 2.24) is 9.78 Å². The van der Waals surface area contributed by atoms with E-state index in [9.17, 15) is 35.9 Å². The number of amides is 1. The van der Waals surface area contributed by atoms with E-state index in [-0.39, 0.29) is 27.7 Å². The van der Waals surface area contributed by atoms with Gasteiger partial charge in [-0.25, -0.2) is 9.48 Å². The predicted octanol–water partition coefficient (Wildman–Crippen LogP) is 5.85. The van der Waals surface area contributed by atoms with E-state index in [0.717, 1.165) is 31.4 Å². The molecule has 0 aliphatic heterocycles. The van der Waals surface area contributed by atoms with Crippen LogP contribution in [0, 0.1) is 0 Å². The normalized spacial score (nSPS) is 12.1. The molecule has 1 aromatic carbocycles. The monoisotopic (exact) mass is 487 g/mol. The highest BCUT2D eigenvalue weighted by molar-refractivity contribution is 6.03. The minimum Gasteiger partial charge on any atom is -0.427 e. The number of carbonyl (C=O) groups excluding carboxylic acids is 1. The molecule has 34 heavy (non-hydrogen) atoms. The lowest BCUT2D eigenvalue weighted by molar-refractivity contribution is -0.143. The quantitative estimate of drug-likeness (QED) is 0.335. The average molecular weight is 487 g/mol. The maximum absolute atomic E-state index is 13.2. The summed E-state index contributed by atoms with van der Waals surface area (Å²) in [7, 11) is 0. The molecule has 1 N–H and O–H groups in total. The van der Waals surface area contributed by atoms with Gasteiger partial charge in [0.15, 0.2) is 5.69 Å². The zero-order valence-electron chi connectivity index (χ0n) is 17.8. The molecule has 2 heterocycles. The molecule has 0 bridgehead atoms. The van der Waals surface area contributed by atoms with Gasteiger partial charge in [-0.1, -0.05) is 19.8 Å². The van der Waals surface area contributed by atoms with Crippen molar-refractivity contribution < 1.29 is 35.6 Å². The highest BCUT2D eigenvalue weighted by atomic mass is 19.4. The molecule has 12 heteroatoms. The summed E-state index contributed by atoms with van der Waals surface area (Å²) in [6, 6.07) is 7.19. The predicted molar refractivity (Wildman–Crippen MR) is 110 cm³/mol. The van der Waals surface area contributed by atoms with Crippen LogP contribution in [0.15, 0.2) is 51.7 Å². The molecule has 0 fully saturated rings. The number of halogens is 6. The molecule has 182 valence electrons. The summed E-state index contributed by atoms with van der Waals surface area (Å²) >= 11 is 0. The first kappa shape index (κ1) is 25.1. The lowest BCUT2D eigenvalue weighted by Gasteiger charge is -2.11. The van der Waals surface area contributed by atoms with Crippen LogP contribution in [0.2, 0.25) is 0 Å². The number of hydrogen-bond donors (Lipinski definition) is 1. The molecular formula is C22H19F6N3O3. The van der Waals surface area contributed by atoms with Crippen molar-refractivity contribution >= 4 is 11.6 Å². The van der Waals surface area contributed by atoms with Gasteiger partial charge in [-0.3, -0.25) is 4.79 Å². The van der Waals surface area contributed by atoms with Crippen molar-refractivity contribution in [3.63, 3.8) is 0 Å². The lowest BCUT2D eigenvalue weighted by Crippen LogP contribution is -2.21. The Hall–Kier alpha value is -3.57. The second-order valence-electron chi connectivity index (χ2n) is 7.38. The third-order valence-electron chi connectivity index (χ3n) is 4.81. The zero-order valence-corrected chi connectivity index (χ0v) is 17.8. The molecule has 1 amide bonds. The molecule has 0 saturated carbocycles. The number of rotatable bonds is 7. The number of nitrogens with one attached hydrogen (secondary N) is 1. The van der Waals surface area contributed by atoms with E-state index in [4.69, 9.17) is 4.42 Å². The minimum absolute atomic E-state index is 0.0825. The third-order valence-corrected chi connectivity index (χ3v) is 4.81. The maximum Gasteiger partial charge on any atom is 0.435 e. The van der Waals surface area contributed by atoms with E-state index in [1.54, 1.807) is 0 Å². The maximum atomic E-state index is 13.2. The van der Waals surface area contributed by atoms with Crippen molar-refractivity contribution in [2.45, 2.75) is 45.0 Å². The lowest BCUT2D eigenvalue weighted by atomic mass is 10.1. The minimum atomic E-state index is -5.08. The Morgan fingerprint density at radius 3 is 2.24 bits per heavy atom. The van der Waals surface area contributed by atoms with E-state index in [1.807, 2.05) is 6.92 Å². The second kappa shape index (κ2) is 9.74. The number of alkyl halides is 6. The Morgan fingerprint density at radius 2 is 1.68 bits per heavy atom. The molecule has 0 aliphatic carbocycles. The number of aryl methyl sites for hydroxylation is 1. The van der Waals surface area contributed by atoms with Crippen LogP contribution in [0.3, 0.4) is 0 Å². The van der Waals surface area contributed by atoms with Gasteiger partial charge >= 0.3 is 18.0 Å². The molecule has 0 radical (unpaired) electrons. The number of benzene rings is 1. The van der Waals surface area contributed by atoms with E-state index in [0.29, 0.717) is 12.2 Å². The standard InChI is InChI=1S/C22H19F6N3O3/c1-2-3-4-5-15-10-11-16(20(33)34-15)19(32)29-13-6-8-14(9-7-13)31-18(22(26,27)28)12-17(30-31)21(23,24)25/h6-12H,2-5H2,1H3,(H,29,32). The first-order valence-corrected chi connectivity index (χ1v) is 10.2. The number of nitrogens with zero attached hydrogens (tertiary/aromatic N) is 2. The fraction of sp³-hybridized carbons (Fsp3) is 0.318. The number of aromatic nitrogens is 2. The smallest absolute Gasteiger partial charge is 0.427 e. The van der Waals surface area contributed by atoms with Crippen LogP contribution in [0.1, 0.15) is 53.7 Å². The highest BCUT2D eigenvalue weighted by Crippen LogP contribution is 2.36. The Morgan fingerprint density at radius 1 is 1.00 bits per heavy atom. The SMILES string of the molecule is CCCCCc1ccc(C(=O)Nc2ccc(-n3nc(C(F)(F)F)cc3C(F)(F)F)cc2)c(=O)o1. The van der Waals surface area contributed by atoms with Gasteiger partial charge in [-0.15, -0.1) is 0 Å². The molecule has 3 rings (SSSR count). The van der Waals surface area contributed by atoms with Crippen LogP contribution in [0.4, 0.5) is 32.0 Å². The largest absolute Gasteiger partial charge is 0.435 e. The summed E-state index contributed by atoms with van der Waals surface area (Å²) in [6.07, 6.45) is -6.82. The molecule has 2 aromatic heterocycles. The van der Waals surface area contributed by atoms with E-state index >= 15 is 0 Å². The molecule has 0 unspecified atom stereocenters. The number of carbonyl (C=O) groups is 1. The van der Waals surface area contributed by atoms with Crippen LogP contribution in [-0.4, -0.2) is 15.7 Å². The number of hydrogen-bond acceptors (Lipinski definition) is 4. The van der Waals surface area contributed by atoms with Crippen molar-refractivity contribution in [1.29, 1.82) is 0 Å². The summed E-state index contributed by atoms with van der Waals surface area (Å²) < 4.78 is 83.5. The van der Waals surface area contributed by atoms with E-state index in [1.165, 1.54) is 24.3 Å². The molecule has 6 nitrogen and oxygen atoms in total. The summed E-state index contributed by atoms with van der Waals surface area (Å²) in [5.74, 6) is -0.367. The van der Waals surface area contributed by atoms with Crippen LogP contribution in [0.25, 0.3) is 5.69 Å². The fourth-order valence-electron chi connectivity index (χ4n) is 3.11. The Kier molecular flexibility index (Phi) is 7.18. The van der Waals surface area contributed by atoms with Crippen LogP contribution in [-0.2, 0) is 18.8 Å². The Balaban J connectivity index is 1.79. The molecule has 0 saturated heterocycles. The number of unbranched alkanes of at least 4 members (excludes halogenated alkanes) is 2. The fourth-order valence-corrected chi connectivity index (χ4v) is 3.11. The molecule has 0 atom stereocenters. The van der Waals surface area contributed by atoms with Gasteiger partial charge in [-0.05, 0) is 42.8 Å². The van der Waals surface area contributed by atoms with Crippen LogP contribution >= 0.6 is 0 Å². The Labute approximate surface area is 189 Å². The summed E-state index contributed by atoms with van der Waals surface area (Å²) in [5, 5.41) is 5.43. The van der Waals surface area contributed by atoms with Gasteiger partial charge in [0.25, 0.3) is 5.91 Å². The first-order valence-electron chi connectivity index (χ1n) is 10.2. The van der Waals surface area contributed by atoms with Crippen molar-refractivity contribution in [3.8, 4) is 5.69 Å². The molecule has 3 aromatic rings. The topological polar surface area (TPSA) is 77.1 Å². The highest BCUT2D eigenvalue weighted by Gasteiger charge is 2.42. The van der Waals surface area contributed by atoms with Gasteiger partial charge in [0.05, 0.1) is 5.69 Å². The average Bonchev–Trinajstić information content (AvgIpc) is 3.21. The van der Waals surface area contributed by atoms with Gasteiger partial charge in [0.2, 0.25) is 0 Å². The second-order valence-corrected chi connectivity index (χ2v) is 7.38. The third kappa shape index (κ3) is 5.86. The summed E-state index contributed by atoms with van der Waals surface area (Å²) in [6.45, 7) is 2.03. The molecule has 0 aliphatic rings.